The van der Waals surface area contributed by atoms with Crippen LogP contribution in [0.4, 0.5) is 23.2 Å². The molecule has 1 N–H and O–H groups in total. The molecule has 33 heavy (non-hydrogen) atoms. The van der Waals surface area contributed by atoms with Gasteiger partial charge in [-0.15, -0.1) is 0 Å². The van der Waals surface area contributed by atoms with Gasteiger partial charge in [-0.05, 0) is 41.5 Å². The number of hydrogen-bond donors (Lipinski definition) is 1. The highest BCUT2D eigenvalue weighted by atomic mass is 32.2. The Labute approximate surface area is 188 Å². The van der Waals surface area contributed by atoms with Crippen molar-refractivity contribution in [2.45, 2.75) is 12.8 Å². The number of halogens is 4. The van der Waals surface area contributed by atoms with Crippen molar-refractivity contribution < 1.29 is 35.5 Å². The van der Waals surface area contributed by atoms with Crippen molar-refractivity contribution in [3.8, 4) is 22.8 Å². The second kappa shape index (κ2) is 10.1. The van der Waals surface area contributed by atoms with Gasteiger partial charge in [0.25, 0.3) is 0 Å². The lowest BCUT2D eigenvalue weighted by atomic mass is 10.1. The Morgan fingerprint density at radius 3 is 2.48 bits per heavy atom. The molecule has 0 saturated carbocycles. The Bertz CT molecular complexity index is 1220. The molecular formula is C22H20F4N2O4S. The SMILES string of the molecule is COc1ncc(-c2cccc(OCc3cccc(C(F)(F)F)c3)c2)cc1NS(=O)(=O)CCF. The molecular weight excluding hydrogens is 464 g/mol. The zero-order valence-corrected chi connectivity index (χ0v) is 18.2. The maximum absolute atomic E-state index is 12.9. The predicted octanol–water partition coefficient (Wildman–Crippen LogP) is 5.07. The first-order valence-corrected chi connectivity index (χ1v) is 11.3. The predicted molar refractivity (Wildman–Crippen MR) is 115 cm³/mol. The summed E-state index contributed by atoms with van der Waals surface area (Å²) in [5, 5.41) is 0. The molecule has 0 spiro atoms. The van der Waals surface area contributed by atoms with Crippen LogP contribution in [0.15, 0.2) is 60.8 Å². The van der Waals surface area contributed by atoms with E-state index in [0.717, 1.165) is 12.1 Å². The summed E-state index contributed by atoms with van der Waals surface area (Å²) in [6.07, 6.45) is -2.99. The standard InChI is InChI=1S/C22H20F4N2O4S/c1-31-21-20(28-33(29,30)9-8-23)12-17(13-27-21)16-5-3-7-19(11-16)32-14-15-4-2-6-18(10-15)22(24,25)26/h2-7,10-13,28H,8-9,14H2,1H3. The fraction of sp³-hybridized carbons (Fsp3) is 0.227. The molecule has 0 unspecified atom stereocenters. The van der Waals surface area contributed by atoms with E-state index in [0.29, 0.717) is 22.4 Å². The molecule has 0 aliphatic carbocycles. The van der Waals surface area contributed by atoms with Crippen LogP contribution in [0, 0.1) is 0 Å². The Morgan fingerprint density at radius 1 is 1.03 bits per heavy atom. The number of nitrogens with one attached hydrogen (secondary N) is 1. The molecule has 6 nitrogen and oxygen atoms in total. The summed E-state index contributed by atoms with van der Waals surface area (Å²) >= 11 is 0. The summed E-state index contributed by atoms with van der Waals surface area (Å²) in [5.74, 6) is -0.308. The molecule has 0 fully saturated rings. The highest BCUT2D eigenvalue weighted by Crippen LogP contribution is 2.32. The summed E-state index contributed by atoms with van der Waals surface area (Å²) in [5.41, 5.74) is 0.755. The van der Waals surface area contributed by atoms with Gasteiger partial charge in [-0.1, -0.05) is 24.3 Å². The Hall–Kier alpha value is -3.34. The number of sulfonamides is 1. The number of rotatable bonds is 9. The molecule has 176 valence electrons. The van der Waals surface area contributed by atoms with E-state index in [9.17, 15) is 26.0 Å². The third-order valence-corrected chi connectivity index (χ3v) is 5.71. The second-order valence-corrected chi connectivity index (χ2v) is 8.75. The third kappa shape index (κ3) is 6.58. The van der Waals surface area contributed by atoms with E-state index in [4.69, 9.17) is 9.47 Å². The zero-order valence-electron chi connectivity index (χ0n) is 17.4. The first-order valence-electron chi connectivity index (χ1n) is 9.61. The second-order valence-electron chi connectivity index (χ2n) is 6.91. The van der Waals surface area contributed by atoms with Gasteiger partial charge in [-0.25, -0.2) is 17.8 Å². The van der Waals surface area contributed by atoms with Crippen LogP contribution in [-0.2, 0) is 22.8 Å². The number of benzene rings is 2. The van der Waals surface area contributed by atoms with E-state index in [1.54, 1.807) is 24.3 Å². The lowest BCUT2D eigenvalue weighted by Crippen LogP contribution is -2.18. The molecule has 2 aromatic carbocycles. The first kappa shape index (κ1) is 24.3. The molecule has 3 aromatic rings. The molecule has 0 aliphatic rings. The molecule has 11 heteroatoms. The van der Waals surface area contributed by atoms with Crippen LogP contribution in [0.25, 0.3) is 11.1 Å². The number of alkyl halides is 4. The molecule has 0 bridgehead atoms. The van der Waals surface area contributed by atoms with Gasteiger partial charge in [-0.3, -0.25) is 4.72 Å². The van der Waals surface area contributed by atoms with Gasteiger partial charge in [0.1, 0.15) is 24.7 Å². The third-order valence-electron chi connectivity index (χ3n) is 4.48. The highest BCUT2D eigenvalue weighted by molar-refractivity contribution is 7.92. The van der Waals surface area contributed by atoms with E-state index >= 15 is 0 Å². The van der Waals surface area contributed by atoms with Gasteiger partial charge >= 0.3 is 6.18 Å². The summed E-state index contributed by atoms with van der Waals surface area (Å²) in [6.45, 7) is -1.13. The van der Waals surface area contributed by atoms with Crippen LogP contribution in [0.2, 0.25) is 0 Å². The van der Waals surface area contributed by atoms with Crippen molar-refractivity contribution in [2.24, 2.45) is 0 Å². The summed E-state index contributed by atoms with van der Waals surface area (Å²) in [6, 6.07) is 13.0. The van der Waals surface area contributed by atoms with Crippen LogP contribution >= 0.6 is 0 Å². The maximum atomic E-state index is 12.9. The lowest BCUT2D eigenvalue weighted by molar-refractivity contribution is -0.137. The summed E-state index contributed by atoms with van der Waals surface area (Å²) in [4.78, 5) is 4.08. The number of nitrogens with zero attached hydrogens (tertiary/aromatic N) is 1. The maximum Gasteiger partial charge on any atom is 0.416 e. The van der Waals surface area contributed by atoms with Crippen molar-refractivity contribution in [2.75, 3.05) is 24.3 Å². The van der Waals surface area contributed by atoms with Crippen molar-refractivity contribution in [1.82, 2.24) is 4.98 Å². The zero-order chi connectivity index (χ0) is 24.1. The average Bonchev–Trinajstić information content (AvgIpc) is 2.77. The monoisotopic (exact) mass is 484 g/mol. The topological polar surface area (TPSA) is 77.5 Å². The Kier molecular flexibility index (Phi) is 7.42. The Morgan fingerprint density at radius 2 is 1.79 bits per heavy atom. The van der Waals surface area contributed by atoms with Crippen molar-refractivity contribution in [3.63, 3.8) is 0 Å². The summed E-state index contributed by atoms with van der Waals surface area (Å²) in [7, 11) is -2.61. The van der Waals surface area contributed by atoms with Gasteiger partial charge in [0, 0.05) is 11.8 Å². The first-order chi connectivity index (χ1) is 15.6. The molecule has 0 radical (unpaired) electrons. The highest BCUT2D eigenvalue weighted by Gasteiger charge is 2.30. The van der Waals surface area contributed by atoms with E-state index in [1.165, 1.54) is 31.5 Å². The van der Waals surface area contributed by atoms with Gasteiger partial charge in [0.2, 0.25) is 15.9 Å². The van der Waals surface area contributed by atoms with Gasteiger partial charge in [-0.2, -0.15) is 13.2 Å². The van der Waals surface area contributed by atoms with Gasteiger partial charge < -0.3 is 9.47 Å². The molecule has 0 amide bonds. The molecule has 1 heterocycles. The molecule has 3 rings (SSSR count). The van der Waals surface area contributed by atoms with Gasteiger partial charge in [0.15, 0.2) is 0 Å². The number of hydrogen-bond acceptors (Lipinski definition) is 5. The van der Waals surface area contributed by atoms with E-state index < -0.39 is 34.2 Å². The smallest absolute Gasteiger partial charge is 0.416 e. The number of anilines is 1. The fourth-order valence-corrected chi connectivity index (χ4v) is 3.72. The number of ether oxygens (including phenoxy) is 2. The molecule has 0 atom stereocenters. The van der Waals surface area contributed by atoms with E-state index in [-0.39, 0.29) is 18.2 Å². The largest absolute Gasteiger partial charge is 0.489 e. The van der Waals surface area contributed by atoms with Crippen molar-refractivity contribution in [3.05, 3.63) is 71.9 Å². The normalized spacial score (nSPS) is 11.8. The average molecular weight is 484 g/mol. The molecule has 1 aromatic heterocycles. The number of methoxy groups -OCH3 is 1. The number of aromatic nitrogens is 1. The molecule has 0 aliphatic heterocycles. The minimum atomic E-state index is -4.44. The minimum absolute atomic E-state index is 0.0122. The Balaban J connectivity index is 1.81. The minimum Gasteiger partial charge on any atom is -0.489 e. The van der Waals surface area contributed by atoms with Crippen LogP contribution in [0.1, 0.15) is 11.1 Å². The molecule has 0 saturated heterocycles. The van der Waals surface area contributed by atoms with E-state index in [1.807, 2.05) is 0 Å². The quantitative estimate of drug-likeness (QED) is 0.430. The van der Waals surface area contributed by atoms with Crippen LogP contribution in [0.5, 0.6) is 11.6 Å². The lowest BCUT2D eigenvalue weighted by Gasteiger charge is -2.13. The van der Waals surface area contributed by atoms with Gasteiger partial charge in [0.05, 0.1) is 18.4 Å². The van der Waals surface area contributed by atoms with Crippen molar-refractivity contribution >= 4 is 15.7 Å². The van der Waals surface area contributed by atoms with Crippen molar-refractivity contribution in [1.29, 1.82) is 0 Å². The van der Waals surface area contributed by atoms with Crippen LogP contribution in [-0.4, -0.2) is 32.9 Å². The number of pyridine rings is 1. The van der Waals surface area contributed by atoms with E-state index in [2.05, 4.69) is 9.71 Å². The fourth-order valence-electron chi connectivity index (χ4n) is 2.94. The van der Waals surface area contributed by atoms with Crippen LogP contribution in [0.3, 0.4) is 0 Å². The summed E-state index contributed by atoms with van der Waals surface area (Å²) < 4.78 is 88.0. The van der Waals surface area contributed by atoms with Crippen LogP contribution < -0.4 is 14.2 Å².